The number of hydrogen-bond donors (Lipinski definition) is 0. The van der Waals surface area contributed by atoms with Gasteiger partial charge in [-0.05, 0) is 7.05 Å². The number of rotatable bonds is 2. The summed E-state index contributed by atoms with van der Waals surface area (Å²) in [6, 6.07) is 0. The molecule has 0 spiro atoms. The Balaban J connectivity index is 2.48. The van der Waals surface area contributed by atoms with Crippen molar-refractivity contribution in [2.45, 2.75) is 12.3 Å². The van der Waals surface area contributed by atoms with Crippen LogP contribution in [0.2, 0.25) is 0 Å². The van der Waals surface area contributed by atoms with Crippen LogP contribution in [0, 0.1) is 0 Å². The summed E-state index contributed by atoms with van der Waals surface area (Å²) in [7, 11) is 5.31. The van der Waals surface area contributed by atoms with E-state index in [1.54, 1.807) is 14.2 Å². The fourth-order valence-corrected chi connectivity index (χ4v) is 1.12. The molecule has 1 saturated heterocycles. The molecule has 1 aliphatic rings. The van der Waals surface area contributed by atoms with Crippen LogP contribution in [0.15, 0.2) is 0 Å². The summed E-state index contributed by atoms with van der Waals surface area (Å²) in [4.78, 5) is 2.03. The molecule has 0 atom stereocenters. The molecule has 1 rings (SSSR count). The van der Waals surface area contributed by atoms with Gasteiger partial charge >= 0.3 is 0 Å². The second-order valence-corrected chi connectivity index (χ2v) is 2.29. The van der Waals surface area contributed by atoms with E-state index in [4.69, 9.17) is 9.47 Å². The molecule has 3 nitrogen and oxygen atoms in total. The second-order valence-electron chi connectivity index (χ2n) is 2.29. The lowest BCUT2D eigenvalue weighted by molar-refractivity contribution is -0.337. The van der Waals surface area contributed by atoms with Gasteiger partial charge in [0, 0.05) is 27.2 Å². The summed E-state index contributed by atoms with van der Waals surface area (Å²) in [6.07, 6.45) is 0.969. The maximum Gasteiger partial charge on any atom is 0.230 e. The van der Waals surface area contributed by atoms with Gasteiger partial charge in [0.1, 0.15) is 0 Å². The van der Waals surface area contributed by atoms with Crippen molar-refractivity contribution in [2.24, 2.45) is 0 Å². The molecule has 9 heavy (non-hydrogen) atoms. The number of methoxy groups -OCH3 is 2. The number of ether oxygens (including phenoxy) is 2. The van der Waals surface area contributed by atoms with Crippen molar-refractivity contribution in [3.63, 3.8) is 0 Å². The highest BCUT2D eigenvalue weighted by Gasteiger charge is 2.42. The molecule has 0 saturated carbocycles. The molecule has 1 heterocycles. The molecule has 54 valence electrons. The minimum atomic E-state index is -0.403. The number of likely N-dealkylation sites (tertiary alicyclic amines) is 1. The molecule has 0 aromatic rings. The van der Waals surface area contributed by atoms with Gasteiger partial charge in [-0.3, -0.25) is 4.90 Å². The fourth-order valence-electron chi connectivity index (χ4n) is 1.12. The third-order valence-electron chi connectivity index (χ3n) is 1.98. The largest absolute Gasteiger partial charge is 0.341 e. The van der Waals surface area contributed by atoms with E-state index < -0.39 is 5.91 Å². The summed E-state index contributed by atoms with van der Waals surface area (Å²) in [6.45, 7) is 1.06. The molecular formula is C6H13NO2. The van der Waals surface area contributed by atoms with Crippen LogP contribution >= 0.6 is 0 Å². The zero-order valence-electron chi connectivity index (χ0n) is 6.18. The zero-order chi connectivity index (χ0) is 6.91. The topological polar surface area (TPSA) is 21.7 Å². The highest BCUT2D eigenvalue weighted by Crippen LogP contribution is 2.29. The number of nitrogens with zero attached hydrogens (tertiary/aromatic N) is 1. The van der Waals surface area contributed by atoms with Gasteiger partial charge in [-0.15, -0.1) is 0 Å². The van der Waals surface area contributed by atoms with E-state index >= 15 is 0 Å². The Morgan fingerprint density at radius 2 is 1.89 bits per heavy atom. The zero-order valence-corrected chi connectivity index (χ0v) is 6.18. The van der Waals surface area contributed by atoms with Gasteiger partial charge in [0.05, 0.1) is 0 Å². The van der Waals surface area contributed by atoms with Crippen LogP contribution in [0.1, 0.15) is 6.42 Å². The van der Waals surface area contributed by atoms with Gasteiger partial charge in [0.15, 0.2) is 0 Å². The van der Waals surface area contributed by atoms with E-state index in [9.17, 15) is 0 Å². The minimum Gasteiger partial charge on any atom is -0.341 e. The molecule has 0 amide bonds. The van der Waals surface area contributed by atoms with E-state index in [2.05, 4.69) is 0 Å². The molecular weight excluding hydrogens is 118 g/mol. The molecule has 3 heteroatoms. The van der Waals surface area contributed by atoms with Crippen LogP contribution in [0.3, 0.4) is 0 Å². The second kappa shape index (κ2) is 2.25. The van der Waals surface area contributed by atoms with E-state index in [0.29, 0.717) is 0 Å². The predicted octanol–water partition coefficient (Wildman–Crippen LogP) is 0.268. The van der Waals surface area contributed by atoms with Gasteiger partial charge in [-0.1, -0.05) is 0 Å². The molecule has 0 N–H and O–H groups in total. The predicted molar refractivity (Wildman–Crippen MR) is 34.0 cm³/mol. The normalized spacial score (nSPS) is 25.7. The van der Waals surface area contributed by atoms with Gasteiger partial charge in [-0.25, -0.2) is 0 Å². The smallest absolute Gasteiger partial charge is 0.230 e. The average Bonchev–Trinajstić information content (AvgIpc) is 1.89. The fraction of sp³-hybridized carbons (Fsp3) is 1.00. The Hall–Kier alpha value is -0.120. The quantitative estimate of drug-likeness (QED) is 0.502. The first-order valence-electron chi connectivity index (χ1n) is 3.07. The maximum atomic E-state index is 5.14. The van der Waals surface area contributed by atoms with Crippen molar-refractivity contribution >= 4 is 0 Å². The van der Waals surface area contributed by atoms with Crippen LogP contribution in [-0.4, -0.2) is 38.6 Å². The van der Waals surface area contributed by atoms with Crippen LogP contribution in [0.5, 0.6) is 0 Å². The highest BCUT2D eigenvalue weighted by atomic mass is 16.7. The molecule has 0 unspecified atom stereocenters. The summed E-state index contributed by atoms with van der Waals surface area (Å²) in [5.74, 6) is -0.403. The van der Waals surface area contributed by atoms with E-state index in [1.807, 2.05) is 11.9 Å². The van der Waals surface area contributed by atoms with Crippen molar-refractivity contribution < 1.29 is 9.47 Å². The molecule has 0 aromatic heterocycles. The van der Waals surface area contributed by atoms with E-state index in [1.165, 1.54) is 0 Å². The summed E-state index contributed by atoms with van der Waals surface area (Å²) >= 11 is 0. The Labute approximate surface area is 55.5 Å². The molecule has 0 bridgehead atoms. The summed E-state index contributed by atoms with van der Waals surface area (Å²) in [5.41, 5.74) is 0. The Morgan fingerprint density at radius 1 is 1.33 bits per heavy atom. The Morgan fingerprint density at radius 3 is 1.89 bits per heavy atom. The van der Waals surface area contributed by atoms with Crippen LogP contribution in [0.25, 0.3) is 0 Å². The van der Waals surface area contributed by atoms with Gasteiger partial charge in [0.2, 0.25) is 5.91 Å². The van der Waals surface area contributed by atoms with Crippen LogP contribution in [-0.2, 0) is 9.47 Å². The van der Waals surface area contributed by atoms with Crippen LogP contribution in [0.4, 0.5) is 0 Å². The molecule has 1 aliphatic heterocycles. The van der Waals surface area contributed by atoms with Gasteiger partial charge in [-0.2, -0.15) is 0 Å². The van der Waals surface area contributed by atoms with Crippen molar-refractivity contribution in [1.82, 2.24) is 4.90 Å². The maximum absolute atomic E-state index is 5.14. The third-order valence-corrected chi connectivity index (χ3v) is 1.98. The lowest BCUT2D eigenvalue weighted by atomic mass is 10.1. The van der Waals surface area contributed by atoms with E-state index in [-0.39, 0.29) is 0 Å². The van der Waals surface area contributed by atoms with Crippen molar-refractivity contribution in [2.75, 3.05) is 27.8 Å². The van der Waals surface area contributed by atoms with Gasteiger partial charge < -0.3 is 9.47 Å². The van der Waals surface area contributed by atoms with Gasteiger partial charge in [0.25, 0.3) is 0 Å². The molecule has 0 aliphatic carbocycles. The lowest BCUT2D eigenvalue weighted by Crippen LogP contribution is -2.60. The summed E-state index contributed by atoms with van der Waals surface area (Å²) in [5, 5.41) is 0. The lowest BCUT2D eigenvalue weighted by Gasteiger charge is -2.47. The summed E-state index contributed by atoms with van der Waals surface area (Å²) < 4.78 is 10.3. The first kappa shape index (κ1) is 6.99. The molecule has 0 radical (unpaired) electrons. The van der Waals surface area contributed by atoms with Crippen molar-refractivity contribution in [3.05, 3.63) is 0 Å². The first-order chi connectivity index (χ1) is 4.25. The monoisotopic (exact) mass is 131 g/mol. The number of hydrogen-bond acceptors (Lipinski definition) is 3. The van der Waals surface area contributed by atoms with E-state index in [0.717, 1.165) is 13.0 Å². The third kappa shape index (κ3) is 0.852. The Kier molecular flexibility index (Phi) is 1.75. The highest BCUT2D eigenvalue weighted by molar-refractivity contribution is 4.79. The SMILES string of the molecule is COC1(OC)CCN1C. The average molecular weight is 131 g/mol. The van der Waals surface area contributed by atoms with Crippen molar-refractivity contribution in [1.29, 1.82) is 0 Å². The van der Waals surface area contributed by atoms with Crippen molar-refractivity contribution in [3.8, 4) is 0 Å². The standard InChI is InChI=1S/C6H13NO2/c1-7-5-4-6(7,8-2)9-3/h4-5H2,1-3H3. The van der Waals surface area contributed by atoms with Crippen LogP contribution < -0.4 is 0 Å². The first-order valence-corrected chi connectivity index (χ1v) is 3.07. The minimum absolute atomic E-state index is 0.403. The Bertz CT molecular complexity index is 95.7. The molecule has 1 fully saturated rings. The molecule has 0 aromatic carbocycles.